The molecule has 3 N–H and O–H groups in total. The third kappa shape index (κ3) is 4.91. The molecule has 1 aromatic carbocycles. The summed E-state index contributed by atoms with van der Waals surface area (Å²) in [7, 11) is 0. The lowest BCUT2D eigenvalue weighted by Gasteiger charge is -2.18. The molecule has 39 heavy (non-hydrogen) atoms. The van der Waals surface area contributed by atoms with Crippen molar-refractivity contribution in [2.45, 2.75) is 56.1 Å². The molecule has 5 heterocycles. The molecule has 3 aliphatic heterocycles. The van der Waals surface area contributed by atoms with Crippen molar-refractivity contribution in [1.29, 1.82) is 0 Å². The average Bonchev–Trinajstić information content (AvgIpc) is 3.73. The zero-order chi connectivity index (χ0) is 26.5. The number of halogens is 2. The average molecular weight is 560 g/mol. The van der Waals surface area contributed by atoms with E-state index in [4.69, 9.17) is 30.5 Å². The van der Waals surface area contributed by atoms with Crippen LogP contribution in [0.3, 0.4) is 0 Å². The Hall–Kier alpha value is -2.70. The van der Waals surface area contributed by atoms with Gasteiger partial charge in [0.25, 0.3) is 6.01 Å². The lowest BCUT2D eigenvalue weighted by atomic mass is 10.1. The molecule has 0 radical (unpaired) electrons. The van der Waals surface area contributed by atoms with Gasteiger partial charge < -0.3 is 34.4 Å². The summed E-state index contributed by atoms with van der Waals surface area (Å²) in [6, 6.07) is 5.14. The fraction of sp³-hybridized carbons (Fsp3) is 0.556. The number of imidazole rings is 1. The summed E-state index contributed by atoms with van der Waals surface area (Å²) < 4.78 is 38.3. The highest BCUT2D eigenvalue weighted by Gasteiger charge is 2.48. The molecule has 0 saturated carbocycles. The van der Waals surface area contributed by atoms with E-state index in [1.165, 1.54) is 18.9 Å². The molecule has 12 heteroatoms. The molecule has 1 unspecified atom stereocenters. The summed E-state index contributed by atoms with van der Waals surface area (Å²) in [5, 5.41) is 13.7. The number of nitrogens with zero attached hydrogens (tertiary/aromatic N) is 3. The van der Waals surface area contributed by atoms with Gasteiger partial charge in [0, 0.05) is 18.2 Å². The molecule has 5 atom stereocenters. The Balaban J connectivity index is 1.03. The number of anilines is 1. The van der Waals surface area contributed by atoms with Gasteiger partial charge in [-0.2, -0.15) is 4.98 Å². The predicted octanol–water partition coefficient (Wildman–Crippen LogP) is 3.23. The molecule has 4 aliphatic rings. The molecule has 10 nitrogen and oxygen atoms in total. The fourth-order valence-electron chi connectivity index (χ4n) is 6.12. The maximum Gasteiger partial charge on any atom is 0.296 e. The minimum atomic E-state index is -0.655. The Labute approximate surface area is 229 Å². The number of aliphatic hydroxyl groups excluding tert-OH is 1. The maximum atomic E-state index is 15.2. The molecule has 2 aromatic heterocycles. The van der Waals surface area contributed by atoms with Gasteiger partial charge in [-0.05, 0) is 56.5 Å². The van der Waals surface area contributed by atoms with Gasteiger partial charge in [0.15, 0.2) is 11.8 Å². The molecular formula is C27H31ClFN5O5. The largest absolute Gasteiger partial charge is 0.492 e. The van der Waals surface area contributed by atoms with E-state index in [0.717, 1.165) is 31.6 Å². The Bertz CT molecular complexity index is 1370. The van der Waals surface area contributed by atoms with Crippen LogP contribution < -0.4 is 14.8 Å². The van der Waals surface area contributed by atoms with Crippen LogP contribution in [0.4, 0.5) is 10.2 Å². The van der Waals surface area contributed by atoms with Gasteiger partial charge in [0.1, 0.15) is 42.3 Å². The van der Waals surface area contributed by atoms with Crippen LogP contribution >= 0.6 is 11.6 Å². The van der Waals surface area contributed by atoms with Gasteiger partial charge in [0.05, 0.1) is 29.8 Å². The fourth-order valence-corrected chi connectivity index (χ4v) is 6.33. The third-order valence-corrected chi connectivity index (χ3v) is 8.36. The second-order valence-electron chi connectivity index (χ2n) is 10.7. The molecule has 3 fully saturated rings. The van der Waals surface area contributed by atoms with Crippen molar-refractivity contribution in [3.8, 4) is 11.8 Å². The van der Waals surface area contributed by atoms with Crippen LogP contribution in [0.5, 0.6) is 11.8 Å². The Morgan fingerprint density at radius 2 is 2.00 bits per heavy atom. The number of aliphatic hydroxyl groups is 1. The molecule has 3 saturated heterocycles. The van der Waals surface area contributed by atoms with Gasteiger partial charge in [0.2, 0.25) is 0 Å². The minimum absolute atomic E-state index is 0.222. The number of likely N-dealkylation sites (tertiary alicyclic amines) is 1. The quantitative estimate of drug-likeness (QED) is 0.383. The first-order chi connectivity index (χ1) is 19.0. The number of H-pyrrole nitrogens is 1. The molecule has 7 rings (SSSR count). The van der Waals surface area contributed by atoms with E-state index in [2.05, 4.69) is 25.2 Å². The van der Waals surface area contributed by atoms with Gasteiger partial charge in [-0.1, -0.05) is 11.6 Å². The Kier molecular flexibility index (Phi) is 6.72. The van der Waals surface area contributed by atoms with E-state index in [1.807, 2.05) is 6.07 Å². The van der Waals surface area contributed by atoms with Crippen molar-refractivity contribution >= 4 is 28.6 Å². The van der Waals surface area contributed by atoms with E-state index in [-0.39, 0.29) is 30.6 Å². The Morgan fingerprint density at radius 1 is 1.15 bits per heavy atom. The van der Waals surface area contributed by atoms with Gasteiger partial charge in [-0.3, -0.25) is 4.90 Å². The number of hydrogen-bond donors (Lipinski definition) is 3. The van der Waals surface area contributed by atoms with E-state index >= 15 is 4.39 Å². The van der Waals surface area contributed by atoms with Gasteiger partial charge in [-0.15, -0.1) is 0 Å². The molecule has 0 bridgehead atoms. The summed E-state index contributed by atoms with van der Waals surface area (Å²) >= 11 is 6.55. The Morgan fingerprint density at radius 3 is 2.87 bits per heavy atom. The molecule has 0 spiro atoms. The number of aryl methyl sites for hydroxylation is 1. The lowest BCUT2D eigenvalue weighted by Crippen LogP contribution is -2.34. The van der Waals surface area contributed by atoms with E-state index in [1.54, 1.807) is 6.07 Å². The molecule has 0 amide bonds. The van der Waals surface area contributed by atoms with E-state index in [0.29, 0.717) is 53.0 Å². The van der Waals surface area contributed by atoms with Crippen molar-refractivity contribution in [3.63, 3.8) is 0 Å². The number of hydrogen-bond acceptors (Lipinski definition) is 9. The number of benzene rings is 1. The monoisotopic (exact) mass is 559 g/mol. The predicted molar refractivity (Wildman–Crippen MR) is 141 cm³/mol. The highest BCUT2D eigenvalue weighted by molar-refractivity contribution is 6.33. The highest BCUT2D eigenvalue weighted by atomic mass is 35.5. The first kappa shape index (κ1) is 25.3. The van der Waals surface area contributed by atoms with Crippen LogP contribution in [0.2, 0.25) is 5.02 Å². The zero-order valence-electron chi connectivity index (χ0n) is 21.4. The van der Waals surface area contributed by atoms with Crippen LogP contribution in [0.25, 0.3) is 11.2 Å². The lowest BCUT2D eigenvalue weighted by molar-refractivity contribution is 0.00706. The number of aromatic amines is 1. The zero-order valence-corrected chi connectivity index (χ0v) is 22.1. The minimum Gasteiger partial charge on any atom is -0.492 e. The number of fused-ring (bicyclic) bond motifs is 3. The normalized spacial score (nSPS) is 28.2. The number of ether oxygens (including phenoxy) is 4. The van der Waals surface area contributed by atoms with Crippen LogP contribution in [0.15, 0.2) is 18.2 Å². The van der Waals surface area contributed by atoms with Crippen LogP contribution in [-0.4, -0.2) is 88.8 Å². The third-order valence-electron chi connectivity index (χ3n) is 8.08. The second kappa shape index (κ2) is 10.4. The summed E-state index contributed by atoms with van der Waals surface area (Å²) in [6.07, 6.45) is 2.12. The number of rotatable bonds is 8. The van der Waals surface area contributed by atoms with Crippen molar-refractivity contribution in [2.24, 2.45) is 0 Å². The van der Waals surface area contributed by atoms with Crippen LogP contribution in [0.1, 0.15) is 36.4 Å². The first-order valence-corrected chi connectivity index (χ1v) is 14.0. The second-order valence-corrected chi connectivity index (χ2v) is 11.1. The molecule has 208 valence electrons. The molecule has 3 aromatic rings. The molecular weight excluding hydrogens is 529 g/mol. The van der Waals surface area contributed by atoms with Crippen LogP contribution in [-0.2, 0) is 15.9 Å². The van der Waals surface area contributed by atoms with Crippen molar-refractivity contribution in [2.75, 3.05) is 44.8 Å². The van der Waals surface area contributed by atoms with Crippen molar-refractivity contribution in [1.82, 2.24) is 19.9 Å². The summed E-state index contributed by atoms with van der Waals surface area (Å²) in [4.78, 5) is 14.5. The number of pyridine rings is 1. The smallest absolute Gasteiger partial charge is 0.296 e. The first-order valence-electron chi connectivity index (χ1n) is 13.6. The number of nitrogens with one attached hydrogen (secondary N) is 2. The molecule has 1 aliphatic carbocycles. The van der Waals surface area contributed by atoms with E-state index < -0.39 is 18.3 Å². The van der Waals surface area contributed by atoms with Gasteiger partial charge >= 0.3 is 0 Å². The van der Waals surface area contributed by atoms with Crippen LogP contribution in [0, 0.1) is 5.82 Å². The van der Waals surface area contributed by atoms with Gasteiger partial charge in [-0.25, -0.2) is 9.37 Å². The van der Waals surface area contributed by atoms with E-state index in [9.17, 15) is 5.11 Å². The highest BCUT2D eigenvalue weighted by Crippen LogP contribution is 2.39. The standard InChI is InChI=1S/C27H31ClFN5O5/c28-16-11-19-26(33-27(31-19)39-21-13-38-23-20(35)12-37-24(21)23)32-25(16)30-18-4-3-14-9-15(10-17(29)22(14)18)36-8-7-34-5-1-2-6-34/h9-11,18,20-21,23-24,35H,1-8,12-13H2,(H2,30,31,32,33)/t18?,20-,21-,23-,24-/m1/s1. The maximum absolute atomic E-state index is 15.2. The van der Waals surface area contributed by atoms with Crippen molar-refractivity contribution in [3.05, 3.63) is 40.2 Å². The summed E-state index contributed by atoms with van der Waals surface area (Å²) in [5.41, 5.74) is 2.59. The summed E-state index contributed by atoms with van der Waals surface area (Å²) in [5.74, 6) is 0.712. The van der Waals surface area contributed by atoms with Crippen molar-refractivity contribution < 1.29 is 28.4 Å². The SMILES string of the molecule is O[C@@H]1CO[C@H]2[C@@H]1OC[C@H]2Oc1nc2nc(NC3CCc4cc(OCCN5CCCC5)cc(F)c43)c(Cl)cc2[nH]1. The summed E-state index contributed by atoms with van der Waals surface area (Å²) in [6.45, 7) is 4.16. The number of aromatic nitrogens is 3. The topological polar surface area (TPSA) is 114 Å².